The van der Waals surface area contributed by atoms with Crippen molar-refractivity contribution >= 4 is 5.69 Å². The Kier molecular flexibility index (Phi) is 2.21. The van der Waals surface area contributed by atoms with Crippen molar-refractivity contribution in [1.29, 1.82) is 0 Å². The van der Waals surface area contributed by atoms with Crippen LogP contribution in [0.1, 0.15) is 17.5 Å². The zero-order valence-corrected chi connectivity index (χ0v) is 9.42. The van der Waals surface area contributed by atoms with Gasteiger partial charge in [-0.25, -0.2) is 0 Å². The number of hydrogen-bond donors (Lipinski definition) is 1. The molecule has 0 bridgehead atoms. The first-order chi connectivity index (χ1) is 7.86. The molecule has 2 nitrogen and oxygen atoms in total. The highest BCUT2D eigenvalue weighted by Crippen LogP contribution is 2.36. The third-order valence-corrected chi connectivity index (χ3v) is 3.19. The first-order valence-corrected chi connectivity index (χ1v) is 5.76. The highest BCUT2D eigenvalue weighted by Gasteiger charge is 2.17. The van der Waals surface area contributed by atoms with Crippen molar-refractivity contribution in [2.75, 3.05) is 11.9 Å². The molecule has 2 heteroatoms. The maximum atomic E-state index is 5.53. The lowest BCUT2D eigenvalue weighted by Crippen LogP contribution is -2.13. The van der Waals surface area contributed by atoms with E-state index < -0.39 is 0 Å². The van der Waals surface area contributed by atoms with Crippen LogP contribution in [0.2, 0.25) is 0 Å². The van der Waals surface area contributed by atoms with Crippen molar-refractivity contribution in [1.82, 2.24) is 0 Å². The minimum atomic E-state index is 0.962. The van der Waals surface area contributed by atoms with Crippen molar-refractivity contribution < 1.29 is 4.42 Å². The Labute approximate surface area is 95.3 Å². The van der Waals surface area contributed by atoms with Gasteiger partial charge in [-0.2, -0.15) is 0 Å². The summed E-state index contributed by atoms with van der Waals surface area (Å²) >= 11 is 0. The molecule has 0 saturated carbocycles. The van der Waals surface area contributed by atoms with Gasteiger partial charge >= 0.3 is 0 Å². The van der Waals surface area contributed by atoms with Gasteiger partial charge in [-0.15, -0.1) is 0 Å². The SMILES string of the molecule is Cc1ccc2c(c1-c1ccco1)NCCC2. The van der Waals surface area contributed by atoms with E-state index in [1.54, 1.807) is 6.26 Å². The standard InChI is InChI=1S/C14H15NO/c1-10-6-7-11-4-2-8-15-14(11)13(10)12-5-3-9-16-12/h3,5-7,9,15H,2,4,8H2,1H3. The first kappa shape index (κ1) is 9.52. The summed E-state index contributed by atoms with van der Waals surface area (Å²) in [5.74, 6) is 0.962. The molecule has 0 atom stereocenters. The van der Waals surface area contributed by atoms with Crippen molar-refractivity contribution in [2.24, 2.45) is 0 Å². The van der Waals surface area contributed by atoms with Gasteiger partial charge in [0.25, 0.3) is 0 Å². The van der Waals surface area contributed by atoms with E-state index >= 15 is 0 Å². The van der Waals surface area contributed by atoms with E-state index in [2.05, 4.69) is 24.4 Å². The molecule has 2 aromatic rings. The lowest BCUT2D eigenvalue weighted by molar-refractivity contribution is 0.582. The van der Waals surface area contributed by atoms with E-state index in [1.807, 2.05) is 12.1 Å². The van der Waals surface area contributed by atoms with Crippen LogP contribution in [0, 0.1) is 6.92 Å². The molecular formula is C14H15NO. The molecule has 1 aromatic carbocycles. The van der Waals surface area contributed by atoms with Crippen LogP contribution < -0.4 is 5.32 Å². The summed E-state index contributed by atoms with van der Waals surface area (Å²) in [5, 5.41) is 3.50. The molecule has 0 unspecified atom stereocenters. The van der Waals surface area contributed by atoms with Gasteiger partial charge < -0.3 is 9.73 Å². The topological polar surface area (TPSA) is 25.2 Å². The van der Waals surface area contributed by atoms with Gasteiger partial charge in [0.05, 0.1) is 6.26 Å². The second-order valence-electron chi connectivity index (χ2n) is 4.30. The highest BCUT2D eigenvalue weighted by molar-refractivity contribution is 5.80. The summed E-state index contributed by atoms with van der Waals surface area (Å²) in [5.41, 5.74) is 5.16. The second-order valence-corrected chi connectivity index (χ2v) is 4.30. The fraction of sp³-hybridized carbons (Fsp3) is 0.286. The van der Waals surface area contributed by atoms with Gasteiger partial charge in [-0.1, -0.05) is 12.1 Å². The molecule has 1 N–H and O–H groups in total. The van der Waals surface area contributed by atoms with Gasteiger partial charge in [0.15, 0.2) is 0 Å². The number of hydrogen-bond acceptors (Lipinski definition) is 2. The first-order valence-electron chi connectivity index (χ1n) is 5.76. The van der Waals surface area contributed by atoms with E-state index in [4.69, 9.17) is 4.42 Å². The summed E-state index contributed by atoms with van der Waals surface area (Å²) in [4.78, 5) is 0. The van der Waals surface area contributed by atoms with Gasteiger partial charge in [0.1, 0.15) is 5.76 Å². The Hall–Kier alpha value is -1.70. The van der Waals surface area contributed by atoms with Crippen LogP contribution >= 0.6 is 0 Å². The molecule has 2 heterocycles. The second kappa shape index (κ2) is 3.71. The van der Waals surface area contributed by atoms with Crippen LogP contribution in [-0.4, -0.2) is 6.54 Å². The Morgan fingerprint density at radius 3 is 3.00 bits per heavy atom. The molecule has 16 heavy (non-hydrogen) atoms. The van der Waals surface area contributed by atoms with E-state index in [-0.39, 0.29) is 0 Å². The minimum Gasteiger partial charge on any atom is -0.464 e. The summed E-state index contributed by atoms with van der Waals surface area (Å²) in [7, 11) is 0. The Morgan fingerprint density at radius 1 is 1.25 bits per heavy atom. The van der Waals surface area contributed by atoms with Crippen molar-refractivity contribution in [3.8, 4) is 11.3 Å². The normalized spacial score (nSPS) is 14.3. The predicted octanol–water partition coefficient (Wildman–Crippen LogP) is 3.61. The number of rotatable bonds is 1. The summed E-state index contributed by atoms with van der Waals surface area (Å²) in [6, 6.07) is 8.38. The minimum absolute atomic E-state index is 0.962. The average Bonchev–Trinajstić information content (AvgIpc) is 2.82. The molecule has 1 aromatic heterocycles. The fourth-order valence-electron chi connectivity index (χ4n) is 2.39. The lowest BCUT2D eigenvalue weighted by atomic mass is 9.95. The molecule has 0 spiro atoms. The highest BCUT2D eigenvalue weighted by atomic mass is 16.3. The fourth-order valence-corrected chi connectivity index (χ4v) is 2.39. The van der Waals surface area contributed by atoms with Crippen molar-refractivity contribution in [2.45, 2.75) is 19.8 Å². The average molecular weight is 213 g/mol. The molecule has 0 amide bonds. The van der Waals surface area contributed by atoms with Crippen LogP contribution in [0.15, 0.2) is 34.9 Å². The van der Waals surface area contributed by atoms with Gasteiger partial charge in [0.2, 0.25) is 0 Å². The zero-order chi connectivity index (χ0) is 11.0. The van der Waals surface area contributed by atoms with E-state index in [1.165, 1.54) is 28.8 Å². The van der Waals surface area contributed by atoms with E-state index in [9.17, 15) is 0 Å². The van der Waals surface area contributed by atoms with Crippen LogP contribution in [0.3, 0.4) is 0 Å². The smallest absolute Gasteiger partial charge is 0.136 e. The number of furan rings is 1. The Balaban J connectivity index is 2.22. The van der Waals surface area contributed by atoms with E-state index in [0.717, 1.165) is 18.7 Å². The third kappa shape index (κ3) is 1.42. The predicted molar refractivity (Wildman–Crippen MR) is 65.7 cm³/mol. The molecular weight excluding hydrogens is 198 g/mol. The molecule has 0 radical (unpaired) electrons. The van der Waals surface area contributed by atoms with Crippen LogP contribution in [-0.2, 0) is 6.42 Å². The van der Waals surface area contributed by atoms with E-state index in [0.29, 0.717) is 0 Å². The molecule has 82 valence electrons. The monoisotopic (exact) mass is 213 g/mol. The van der Waals surface area contributed by atoms with Crippen LogP contribution in [0.25, 0.3) is 11.3 Å². The maximum Gasteiger partial charge on any atom is 0.136 e. The summed E-state index contributed by atoms with van der Waals surface area (Å²) < 4.78 is 5.53. The number of nitrogens with one attached hydrogen (secondary N) is 1. The van der Waals surface area contributed by atoms with Crippen molar-refractivity contribution in [3.63, 3.8) is 0 Å². The summed E-state index contributed by atoms with van der Waals surface area (Å²) in [6.45, 7) is 3.19. The van der Waals surface area contributed by atoms with Gasteiger partial charge in [0, 0.05) is 17.8 Å². The van der Waals surface area contributed by atoms with Gasteiger partial charge in [-0.3, -0.25) is 0 Å². The number of fused-ring (bicyclic) bond motifs is 1. The Morgan fingerprint density at radius 2 is 2.19 bits per heavy atom. The molecule has 0 aliphatic carbocycles. The lowest BCUT2D eigenvalue weighted by Gasteiger charge is -2.21. The Bertz CT molecular complexity index is 500. The maximum absolute atomic E-state index is 5.53. The summed E-state index contributed by atoms with van der Waals surface area (Å²) in [6.07, 6.45) is 4.11. The zero-order valence-electron chi connectivity index (χ0n) is 9.42. The molecule has 0 fully saturated rings. The van der Waals surface area contributed by atoms with Crippen LogP contribution in [0.4, 0.5) is 5.69 Å². The van der Waals surface area contributed by atoms with Crippen molar-refractivity contribution in [3.05, 3.63) is 41.7 Å². The largest absolute Gasteiger partial charge is 0.464 e. The molecule has 0 saturated heterocycles. The number of benzene rings is 1. The molecule has 3 rings (SSSR count). The van der Waals surface area contributed by atoms with Gasteiger partial charge in [-0.05, 0) is 43.0 Å². The van der Waals surface area contributed by atoms with Crippen LogP contribution in [0.5, 0.6) is 0 Å². The quantitative estimate of drug-likeness (QED) is 0.782. The molecule has 1 aliphatic rings. The third-order valence-electron chi connectivity index (χ3n) is 3.19. The number of aryl methyl sites for hydroxylation is 2. The molecule has 1 aliphatic heterocycles. The number of anilines is 1.